The van der Waals surface area contributed by atoms with Crippen LogP contribution in [0.5, 0.6) is 0 Å². The summed E-state index contributed by atoms with van der Waals surface area (Å²) < 4.78 is 19.4. The van der Waals surface area contributed by atoms with Crippen LogP contribution in [0.15, 0.2) is 47.1 Å². The van der Waals surface area contributed by atoms with Crippen molar-refractivity contribution < 1.29 is 9.18 Å². The molecule has 0 radical (unpaired) electrons. The van der Waals surface area contributed by atoms with Gasteiger partial charge in [0.1, 0.15) is 11.9 Å². The fraction of sp³-hybridized carbons (Fsp3) is 0.407. The number of piperidine rings is 1. The second-order valence-corrected chi connectivity index (χ2v) is 11.1. The number of fused-ring (bicyclic) bond motifs is 2. The average molecular weight is 523 g/mol. The summed E-state index contributed by atoms with van der Waals surface area (Å²) in [6.07, 6.45) is 3.92. The van der Waals surface area contributed by atoms with Crippen LogP contribution in [0, 0.1) is 18.8 Å². The number of carbonyl (C=O) groups excluding carboxylic acids is 1. The second kappa shape index (κ2) is 8.22. The van der Waals surface area contributed by atoms with Gasteiger partial charge in [-0.15, -0.1) is 0 Å². The predicted octanol–water partition coefficient (Wildman–Crippen LogP) is 6.26. The van der Waals surface area contributed by atoms with E-state index in [2.05, 4.69) is 51.7 Å². The van der Waals surface area contributed by atoms with Gasteiger partial charge in [0, 0.05) is 40.2 Å². The lowest BCUT2D eigenvalue weighted by Crippen LogP contribution is -2.44. The molecule has 7 heteroatoms. The van der Waals surface area contributed by atoms with Crippen molar-refractivity contribution in [2.45, 2.75) is 45.8 Å². The number of halogens is 2. The standard InChI is InChI=1S/C27H28BrFN4O/c1-16-9-22(29)15-31(12-16)27(34)20-6-8-23-17(2)26(30-33(23)14-20)25-10-19-5-7-21(28)11-24(19)32(25)13-18-3-4-18/h5-8,10-11,14,16,18,22H,3-4,9,12-13,15H2,1-2H3/t16-,22-/m1/s1. The number of hydrogen-bond acceptors (Lipinski definition) is 2. The van der Waals surface area contributed by atoms with E-state index in [1.807, 2.05) is 23.6 Å². The highest BCUT2D eigenvalue weighted by atomic mass is 79.9. The maximum atomic E-state index is 14.1. The molecule has 3 aromatic heterocycles. The molecule has 2 atom stereocenters. The van der Waals surface area contributed by atoms with Crippen LogP contribution in [0.4, 0.5) is 4.39 Å². The van der Waals surface area contributed by atoms with Crippen LogP contribution in [-0.4, -0.2) is 44.2 Å². The molecular weight excluding hydrogens is 495 g/mol. The van der Waals surface area contributed by atoms with Crippen molar-refractivity contribution in [1.29, 1.82) is 0 Å². The van der Waals surface area contributed by atoms with Gasteiger partial charge in [-0.1, -0.05) is 28.9 Å². The zero-order valence-electron chi connectivity index (χ0n) is 19.5. The molecular formula is C27H28BrFN4O. The highest BCUT2D eigenvalue weighted by Crippen LogP contribution is 2.37. The Labute approximate surface area is 206 Å². The monoisotopic (exact) mass is 522 g/mol. The zero-order valence-corrected chi connectivity index (χ0v) is 21.1. The van der Waals surface area contributed by atoms with Gasteiger partial charge in [0.05, 0.1) is 23.3 Å². The number of hydrogen-bond donors (Lipinski definition) is 0. The summed E-state index contributed by atoms with van der Waals surface area (Å²) in [6.45, 7) is 5.84. The minimum Gasteiger partial charge on any atom is -0.339 e. The summed E-state index contributed by atoms with van der Waals surface area (Å²) in [4.78, 5) is 14.8. The molecule has 6 rings (SSSR count). The van der Waals surface area contributed by atoms with Gasteiger partial charge in [-0.05, 0) is 68.4 Å². The first-order chi connectivity index (χ1) is 16.4. The highest BCUT2D eigenvalue weighted by Gasteiger charge is 2.29. The number of aromatic nitrogens is 3. The van der Waals surface area contributed by atoms with Crippen LogP contribution in [0.3, 0.4) is 0 Å². The van der Waals surface area contributed by atoms with Gasteiger partial charge in [0.15, 0.2) is 0 Å². The normalized spacial score (nSPS) is 21.0. The van der Waals surface area contributed by atoms with Crippen molar-refractivity contribution in [3.05, 3.63) is 58.2 Å². The summed E-state index contributed by atoms with van der Waals surface area (Å²) in [6, 6.07) is 12.4. The molecule has 4 aromatic rings. The molecule has 2 aliphatic rings. The number of pyridine rings is 1. The number of aryl methyl sites for hydroxylation is 1. The summed E-state index contributed by atoms with van der Waals surface area (Å²) in [5.74, 6) is 0.767. The number of nitrogens with zero attached hydrogens (tertiary/aromatic N) is 4. The van der Waals surface area contributed by atoms with Gasteiger partial charge in [-0.25, -0.2) is 8.91 Å². The third-order valence-corrected chi connectivity index (χ3v) is 7.76. The lowest BCUT2D eigenvalue weighted by atomic mass is 9.98. The molecule has 0 spiro atoms. The molecule has 1 amide bonds. The topological polar surface area (TPSA) is 42.5 Å². The van der Waals surface area contributed by atoms with Crippen molar-refractivity contribution in [3.63, 3.8) is 0 Å². The molecule has 5 nitrogen and oxygen atoms in total. The fourth-order valence-electron chi connectivity index (χ4n) is 5.35. The Morgan fingerprint density at radius 2 is 1.97 bits per heavy atom. The van der Waals surface area contributed by atoms with Crippen LogP contribution >= 0.6 is 15.9 Å². The summed E-state index contributed by atoms with van der Waals surface area (Å²) >= 11 is 3.63. The quantitative estimate of drug-likeness (QED) is 0.317. The molecule has 1 saturated heterocycles. The van der Waals surface area contributed by atoms with Gasteiger partial charge >= 0.3 is 0 Å². The molecule has 176 valence electrons. The van der Waals surface area contributed by atoms with E-state index in [0.717, 1.165) is 39.4 Å². The molecule has 1 aliphatic heterocycles. The smallest absolute Gasteiger partial charge is 0.255 e. The molecule has 1 aromatic carbocycles. The van der Waals surface area contributed by atoms with Gasteiger partial charge in [-0.2, -0.15) is 5.10 Å². The van der Waals surface area contributed by atoms with E-state index in [4.69, 9.17) is 5.10 Å². The van der Waals surface area contributed by atoms with E-state index in [0.29, 0.717) is 18.5 Å². The van der Waals surface area contributed by atoms with Crippen LogP contribution in [0.2, 0.25) is 0 Å². The van der Waals surface area contributed by atoms with Gasteiger partial charge in [-0.3, -0.25) is 4.79 Å². The van der Waals surface area contributed by atoms with Crippen LogP contribution in [0.1, 0.15) is 42.1 Å². The number of rotatable bonds is 4. The molecule has 1 saturated carbocycles. The molecule has 4 heterocycles. The number of carbonyl (C=O) groups is 1. The highest BCUT2D eigenvalue weighted by molar-refractivity contribution is 9.10. The molecule has 2 fully saturated rings. The molecule has 0 N–H and O–H groups in total. The lowest BCUT2D eigenvalue weighted by molar-refractivity contribution is 0.0555. The first-order valence-corrected chi connectivity index (χ1v) is 12.9. The Kier molecular flexibility index (Phi) is 5.28. The van der Waals surface area contributed by atoms with Crippen molar-refractivity contribution >= 4 is 38.3 Å². The minimum atomic E-state index is -0.955. The van der Waals surface area contributed by atoms with Crippen LogP contribution in [-0.2, 0) is 6.54 Å². The first-order valence-electron chi connectivity index (χ1n) is 12.1. The lowest BCUT2D eigenvalue weighted by Gasteiger charge is -2.33. The number of amides is 1. The minimum absolute atomic E-state index is 0.126. The predicted molar refractivity (Wildman–Crippen MR) is 136 cm³/mol. The van der Waals surface area contributed by atoms with Crippen molar-refractivity contribution in [2.75, 3.05) is 13.1 Å². The van der Waals surface area contributed by atoms with Crippen molar-refractivity contribution in [2.24, 2.45) is 11.8 Å². The van der Waals surface area contributed by atoms with E-state index >= 15 is 0 Å². The van der Waals surface area contributed by atoms with Crippen LogP contribution < -0.4 is 0 Å². The second-order valence-electron chi connectivity index (χ2n) is 10.2. The third-order valence-electron chi connectivity index (χ3n) is 7.27. The maximum Gasteiger partial charge on any atom is 0.255 e. The first kappa shape index (κ1) is 21.8. The Balaban J connectivity index is 1.41. The summed E-state index contributed by atoms with van der Waals surface area (Å²) in [5, 5.41) is 6.15. The molecule has 0 unspecified atom stereocenters. The Morgan fingerprint density at radius 3 is 2.74 bits per heavy atom. The Hall–Kier alpha value is -2.67. The average Bonchev–Trinajstić information content (AvgIpc) is 3.48. The Morgan fingerprint density at radius 1 is 1.15 bits per heavy atom. The van der Waals surface area contributed by atoms with Crippen molar-refractivity contribution in [1.82, 2.24) is 19.1 Å². The SMILES string of the molecule is Cc1c(-c2cc3ccc(Br)cc3n2CC2CC2)nn2cc(C(=O)N3C[C@H](C)C[C@@H](F)C3)ccc12. The van der Waals surface area contributed by atoms with E-state index in [1.54, 1.807) is 11.1 Å². The van der Waals surface area contributed by atoms with Crippen molar-refractivity contribution in [3.8, 4) is 11.4 Å². The zero-order chi connectivity index (χ0) is 23.6. The van der Waals surface area contributed by atoms with E-state index in [9.17, 15) is 9.18 Å². The summed E-state index contributed by atoms with van der Waals surface area (Å²) in [7, 11) is 0. The van der Waals surface area contributed by atoms with Crippen LogP contribution in [0.25, 0.3) is 27.8 Å². The largest absolute Gasteiger partial charge is 0.339 e. The number of alkyl halides is 1. The number of benzene rings is 1. The van der Waals surface area contributed by atoms with Gasteiger partial charge in [0.2, 0.25) is 0 Å². The summed E-state index contributed by atoms with van der Waals surface area (Å²) in [5.41, 5.74) is 5.88. The number of likely N-dealkylation sites (tertiary alicyclic amines) is 1. The fourth-order valence-corrected chi connectivity index (χ4v) is 5.69. The van der Waals surface area contributed by atoms with E-state index in [1.165, 1.54) is 23.7 Å². The van der Waals surface area contributed by atoms with Gasteiger partial charge < -0.3 is 9.47 Å². The molecule has 34 heavy (non-hydrogen) atoms. The van der Waals surface area contributed by atoms with E-state index < -0.39 is 6.17 Å². The maximum absolute atomic E-state index is 14.1. The third kappa shape index (κ3) is 3.84. The van der Waals surface area contributed by atoms with E-state index in [-0.39, 0.29) is 18.4 Å². The molecule has 0 bridgehead atoms. The Bertz CT molecular complexity index is 1410. The van der Waals surface area contributed by atoms with Gasteiger partial charge in [0.25, 0.3) is 5.91 Å². The molecule has 1 aliphatic carbocycles.